The molecule has 0 aliphatic heterocycles. The molecule has 0 bridgehead atoms. The van der Waals surface area contributed by atoms with Crippen molar-refractivity contribution in [2.24, 2.45) is 0 Å². The first-order chi connectivity index (χ1) is 7.89. The van der Waals surface area contributed by atoms with Crippen molar-refractivity contribution in [3.63, 3.8) is 0 Å². The molecule has 7 nitrogen and oxygen atoms in total. The quantitative estimate of drug-likeness (QED) is 0.348. The van der Waals surface area contributed by atoms with Crippen molar-refractivity contribution >= 4 is 18.9 Å². The maximum absolute atomic E-state index is 10.6. The summed E-state index contributed by atoms with van der Waals surface area (Å²) in [6.45, 7) is 0.718. The Morgan fingerprint density at radius 3 is 2.12 bits per heavy atom. The maximum Gasteiger partial charge on any atom is 0.500 e. The maximum atomic E-state index is 10.6. The van der Waals surface area contributed by atoms with Crippen molar-refractivity contribution in [3.05, 3.63) is 0 Å². The third kappa shape index (κ3) is 7.81. The van der Waals surface area contributed by atoms with Gasteiger partial charge in [-0.15, -0.1) is 0 Å². The summed E-state index contributed by atoms with van der Waals surface area (Å²) >= 11 is 0. The van der Waals surface area contributed by atoms with Crippen LogP contribution in [0.4, 0.5) is 0 Å². The molecule has 0 atom stereocenters. The molecule has 0 unspecified atom stereocenters. The van der Waals surface area contributed by atoms with Gasteiger partial charge in [-0.05, 0) is 6.42 Å². The van der Waals surface area contributed by atoms with Gasteiger partial charge in [-0.2, -0.15) is 8.42 Å². The Balaban J connectivity index is 4.20. The van der Waals surface area contributed by atoms with Gasteiger partial charge < -0.3 is 18.0 Å². The lowest BCUT2D eigenvalue weighted by molar-refractivity contribution is 0.0661. The number of hydrogen-bond donors (Lipinski definition) is 1. The lowest BCUT2D eigenvalue weighted by atomic mass is 10.6. The molecule has 0 aliphatic rings. The summed E-state index contributed by atoms with van der Waals surface area (Å²) in [7, 11) is -2.34. The van der Waals surface area contributed by atoms with Crippen LogP contribution in [0.1, 0.15) is 6.42 Å². The molecule has 1 N–H and O–H groups in total. The molecule has 0 amide bonds. The number of hydrogen-bond acceptors (Lipinski definition) is 6. The molecule has 0 saturated heterocycles. The first-order valence-electron chi connectivity index (χ1n) is 5.07. The van der Waals surface area contributed by atoms with Gasteiger partial charge in [0.05, 0.1) is 19.0 Å². The molecular weight excluding hydrogens is 268 g/mol. The summed E-state index contributed by atoms with van der Waals surface area (Å²) in [5.74, 6) is -0.331. The second kappa shape index (κ2) is 8.14. The predicted octanol–water partition coefficient (Wildman–Crippen LogP) is 0.159. The summed E-state index contributed by atoms with van der Waals surface area (Å²) in [5.41, 5.74) is 0. The highest BCUT2D eigenvalue weighted by Crippen LogP contribution is 2.16. The Morgan fingerprint density at radius 2 is 1.71 bits per heavy atom. The van der Waals surface area contributed by atoms with Crippen LogP contribution in [-0.4, -0.2) is 62.1 Å². The van der Waals surface area contributed by atoms with E-state index in [9.17, 15) is 8.42 Å². The van der Waals surface area contributed by atoms with Crippen LogP contribution in [0, 0.1) is 0 Å². The van der Waals surface area contributed by atoms with E-state index in [1.165, 1.54) is 14.2 Å². The van der Waals surface area contributed by atoms with Crippen molar-refractivity contribution in [3.8, 4) is 0 Å². The number of rotatable bonds is 10. The van der Waals surface area contributed by atoms with E-state index >= 15 is 0 Å². The van der Waals surface area contributed by atoms with Gasteiger partial charge in [0.2, 0.25) is 0 Å². The van der Waals surface area contributed by atoms with Gasteiger partial charge in [-0.3, -0.25) is 4.55 Å². The molecule has 0 radical (unpaired) electrons. The van der Waals surface area contributed by atoms with Gasteiger partial charge in [0.25, 0.3) is 10.1 Å². The van der Waals surface area contributed by atoms with Gasteiger partial charge in [0.1, 0.15) is 0 Å². The summed E-state index contributed by atoms with van der Waals surface area (Å²) in [4.78, 5) is 0. The molecule has 0 heterocycles. The Hall–Kier alpha value is -0.0331. The fraction of sp³-hybridized carbons (Fsp3) is 1.00. The lowest BCUT2D eigenvalue weighted by Gasteiger charge is -2.26. The molecule has 17 heavy (non-hydrogen) atoms. The van der Waals surface area contributed by atoms with E-state index in [1.54, 1.807) is 7.11 Å². The summed E-state index contributed by atoms with van der Waals surface area (Å²) in [6, 6.07) is 0.323. The van der Waals surface area contributed by atoms with Crippen LogP contribution in [-0.2, 0) is 28.1 Å². The van der Waals surface area contributed by atoms with Gasteiger partial charge in [0.15, 0.2) is 0 Å². The topological polar surface area (TPSA) is 91.3 Å². The fourth-order valence-electron chi connectivity index (χ4n) is 1.23. The molecule has 104 valence electrons. The molecular formula is C8H20O7SSi. The zero-order valence-electron chi connectivity index (χ0n) is 10.3. The Morgan fingerprint density at radius 1 is 1.12 bits per heavy atom. The van der Waals surface area contributed by atoms with Crippen molar-refractivity contribution in [1.82, 2.24) is 0 Å². The number of methoxy groups -OCH3 is 1. The van der Waals surface area contributed by atoms with Crippen molar-refractivity contribution in [2.45, 2.75) is 12.5 Å². The largest absolute Gasteiger partial charge is 0.500 e. The Kier molecular flexibility index (Phi) is 8.12. The molecule has 0 rings (SSSR count). The molecule has 0 aromatic rings. The van der Waals surface area contributed by atoms with Crippen LogP contribution in [0.3, 0.4) is 0 Å². The minimum atomic E-state index is -3.96. The van der Waals surface area contributed by atoms with Gasteiger partial charge in [0, 0.05) is 27.4 Å². The third-order valence-electron chi connectivity index (χ3n) is 2.12. The molecule has 0 aliphatic carbocycles. The first kappa shape index (κ1) is 17.0. The highest BCUT2D eigenvalue weighted by atomic mass is 32.2. The molecule has 9 heteroatoms. The third-order valence-corrected chi connectivity index (χ3v) is 5.78. The lowest BCUT2D eigenvalue weighted by Crippen LogP contribution is -2.44. The highest BCUT2D eigenvalue weighted by Gasteiger charge is 2.38. The van der Waals surface area contributed by atoms with E-state index in [-0.39, 0.29) is 12.2 Å². The van der Waals surface area contributed by atoms with E-state index in [1.807, 2.05) is 0 Å². The van der Waals surface area contributed by atoms with Gasteiger partial charge in [-0.25, -0.2) is 0 Å². The molecule has 0 fully saturated rings. The van der Waals surface area contributed by atoms with Crippen LogP contribution in [0.5, 0.6) is 0 Å². The monoisotopic (exact) mass is 288 g/mol. The second-order valence-corrected chi connectivity index (χ2v) is 7.87. The molecule has 0 aromatic carbocycles. The SMILES string of the molecule is COCCO[Si](CCCS(=O)(=O)O)(OC)OC. The minimum absolute atomic E-state index is 0.222. The van der Waals surface area contributed by atoms with Crippen LogP contribution >= 0.6 is 0 Å². The van der Waals surface area contributed by atoms with Crippen LogP contribution < -0.4 is 0 Å². The van der Waals surface area contributed by atoms with E-state index < -0.39 is 18.9 Å². The highest BCUT2D eigenvalue weighted by molar-refractivity contribution is 7.85. The Bertz CT molecular complexity index is 288. The minimum Gasteiger partial charge on any atom is -0.382 e. The van der Waals surface area contributed by atoms with Crippen LogP contribution in [0.25, 0.3) is 0 Å². The standard InChI is InChI=1S/C8H20O7SSi/c1-12-5-6-15-17(13-2,14-3)8-4-7-16(9,10)11/h4-8H2,1-3H3,(H,9,10,11). The number of ether oxygens (including phenoxy) is 1. The molecule has 0 aromatic heterocycles. The average Bonchev–Trinajstić information content (AvgIpc) is 2.26. The van der Waals surface area contributed by atoms with E-state index in [2.05, 4.69) is 0 Å². The average molecular weight is 288 g/mol. The van der Waals surface area contributed by atoms with Crippen LogP contribution in [0.2, 0.25) is 6.04 Å². The van der Waals surface area contributed by atoms with Crippen molar-refractivity contribution in [1.29, 1.82) is 0 Å². The zero-order valence-corrected chi connectivity index (χ0v) is 12.2. The predicted molar refractivity (Wildman–Crippen MR) is 63.4 cm³/mol. The van der Waals surface area contributed by atoms with E-state index in [0.29, 0.717) is 19.3 Å². The van der Waals surface area contributed by atoms with Crippen molar-refractivity contribution in [2.75, 3.05) is 40.3 Å². The summed E-state index contributed by atoms with van der Waals surface area (Å²) in [5, 5.41) is 0. The van der Waals surface area contributed by atoms with Gasteiger partial charge in [-0.1, -0.05) is 0 Å². The van der Waals surface area contributed by atoms with E-state index in [4.69, 9.17) is 22.6 Å². The van der Waals surface area contributed by atoms with Crippen LogP contribution in [0.15, 0.2) is 0 Å². The fourth-order valence-corrected chi connectivity index (χ4v) is 3.95. The second-order valence-electron chi connectivity index (χ2n) is 3.32. The normalized spacial score (nSPS) is 12.9. The zero-order chi connectivity index (χ0) is 13.4. The van der Waals surface area contributed by atoms with Gasteiger partial charge >= 0.3 is 8.80 Å². The first-order valence-corrected chi connectivity index (χ1v) is 8.61. The smallest absolute Gasteiger partial charge is 0.382 e. The molecule has 0 spiro atoms. The summed E-state index contributed by atoms with van der Waals surface area (Å²) < 4.78 is 50.5. The van der Waals surface area contributed by atoms with E-state index in [0.717, 1.165) is 0 Å². The van der Waals surface area contributed by atoms with Crippen molar-refractivity contribution < 1.29 is 31.0 Å². The summed E-state index contributed by atoms with van der Waals surface area (Å²) in [6.07, 6.45) is 0.222. The molecule has 0 saturated carbocycles. The Labute approximate surface area is 103 Å².